The summed E-state index contributed by atoms with van der Waals surface area (Å²) in [5.41, 5.74) is 1.36. The minimum atomic E-state index is -0.0594. The van der Waals surface area contributed by atoms with Crippen LogP contribution in [0.2, 0.25) is 5.02 Å². The predicted octanol–water partition coefficient (Wildman–Crippen LogP) is 3.41. The standard InChI is InChI=1S/C17H17ClN2O3S/c1-2-23-16(22)15-11-6-20(7-12(11)15)17-19-13(8-24-17)10-5-9(18)3-4-14(10)21/h3-5,8,11-12,15,21H,2,6-7H2,1H3. The molecule has 4 rings (SSSR count). The van der Waals surface area contributed by atoms with E-state index in [0.29, 0.717) is 29.0 Å². The van der Waals surface area contributed by atoms with Gasteiger partial charge in [0.25, 0.3) is 0 Å². The fraction of sp³-hybridized carbons (Fsp3) is 0.412. The summed E-state index contributed by atoms with van der Waals surface area (Å²) in [5.74, 6) is 0.947. The molecule has 2 aromatic rings. The van der Waals surface area contributed by atoms with Crippen LogP contribution in [0.3, 0.4) is 0 Å². The van der Waals surface area contributed by atoms with E-state index < -0.39 is 0 Å². The summed E-state index contributed by atoms with van der Waals surface area (Å²) in [6, 6.07) is 4.94. The maximum absolute atomic E-state index is 11.8. The second kappa shape index (κ2) is 5.93. The molecule has 2 heterocycles. The van der Waals surface area contributed by atoms with Crippen molar-refractivity contribution in [3.05, 3.63) is 28.6 Å². The molecule has 0 bridgehead atoms. The van der Waals surface area contributed by atoms with Gasteiger partial charge in [-0.3, -0.25) is 4.79 Å². The Labute approximate surface area is 148 Å². The molecule has 2 fully saturated rings. The Morgan fingerprint density at radius 1 is 1.46 bits per heavy atom. The SMILES string of the molecule is CCOC(=O)C1C2CN(c3nc(-c4cc(Cl)ccc4O)cs3)CC21. The summed E-state index contributed by atoms with van der Waals surface area (Å²) < 4.78 is 5.12. The van der Waals surface area contributed by atoms with Crippen LogP contribution >= 0.6 is 22.9 Å². The minimum Gasteiger partial charge on any atom is -0.507 e. The number of aromatic nitrogens is 1. The molecule has 0 radical (unpaired) electrons. The monoisotopic (exact) mass is 364 g/mol. The molecule has 24 heavy (non-hydrogen) atoms. The van der Waals surface area contributed by atoms with E-state index in [0.717, 1.165) is 23.9 Å². The molecule has 1 aliphatic heterocycles. The number of anilines is 1. The molecule has 2 aliphatic rings. The van der Waals surface area contributed by atoms with Gasteiger partial charge in [-0.1, -0.05) is 11.6 Å². The highest BCUT2D eigenvalue weighted by atomic mass is 35.5. The highest BCUT2D eigenvalue weighted by Gasteiger charge is 2.60. The zero-order valence-corrected chi connectivity index (χ0v) is 14.7. The lowest BCUT2D eigenvalue weighted by atomic mass is 10.1. The average Bonchev–Trinajstić information content (AvgIpc) is 2.95. The Kier molecular flexibility index (Phi) is 3.89. The number of hydrogen-bond acceptors (Lipinski definition) is 6. The molecule has 1 aromatic heterocycles. The summed E-state index contributed by atoms with van der Waals surface area (Å²) in [6.07, 6.45) is 0. The first-order valence-corrected chi connectivity index (χ1v) is 9.20. The first-order valence-electron chi connectivity index (χ1n) is 7.94. The van der Waals surface area contributed by atoms with Gasteiger partial charge >= 0.3 is 5.97 Å². The van der Waals surface area contributed by atoms with Gasteiger partial charge in [-0.25, -0.2) is 4.98 Å². The fourth-order valence-corrected chi connectivity index (χ4v) is 4.54. The van der Waals surface area contributed by atoms with Gasteiger partial charge in [0.1, 0.15) is 5.75 Å². The Bertz CT molecular complexity index is 782. The van der Waals surface area contributed by atoms with E-state index in [1.165, 1.54) is 0 Å². The number of fused-ring (bicyclic) bond motifs is 1. The van der Waals surface area contributed by atoms with Gasteiger partial charge < -0.3 is 14.7 Å². The van der Waals surface area contributed by atoms with Crippen molar-refractivity contribution < 1.29 is 14.6 Å². The van der Waals surface area contributed by atoms with E-state index in [1.807, 2.05) is 12.3 Å². The molecule has 1 saturated heterocycles. The van der Waals surface area contributed by atoms with Gasteiger partial charge in [-0.05, 0) is 37.0 Å². The molecule has 1 aliphatic carbocycles. The third kappa shape index (κ3) is 2.63. The fourth-order valence-electron chi connectivity index (χ4n) is 3.52. The predicted molar refractivity (Wildman–Crippen MR) is 93.5 cm³/mol. The molecule has 1 saturated carbocycles. The average molecular weight is 365 g/mol. The molecule has 0 spiro atoms. The van der Waals surface area contributed by atoms with E-state index in [-0.39, 0.29) is 17.6 Å². The molecular formula is C17H17ClN2O3S. The number of esters is 1. The molecular weight excluding hydrogens is 348 g/mol. The number of carbonyl (C=O) groups excluding carboxylic acids is 1. The van der Waals surface area contributed by atoms with E-state index >= 15 is 0 Å². The quantitative estimate of drug-likeness (QED) is 0.842. The smallest absolute Gasteiger partial charge is 0.309 e. The topological polar surface area (TPSA) is 62.7 Å². The van der Waals surface area contributed by atoms with E-state index in [1.54, 1.807) is 29.5 Å². The molecule has 7 heteroatoms. The van der Waals surface area contributed by atoms with Crippen LogP contribution in [0.5, 0.6) is 5.75 Å². The first-order chi connectivity index (χ1) is 11.6. The molecule has 5 nitrogen and oxygen atoms in total. The number of thiazole rings is 1. The number of phenols is 1. The van der Waals surface area contributed by atoms with Crippen molar-refractivity contribution in [2.45, 2.75) is 6.92 Å². The maximum atomic E-state index is 11.8. The Hall–Kier alpha value is -1.79. The molecule has 1 aromatic carbocycles. The van der Waals surface area contributed by atoms with Crippen molar-refractivity contribution in [1.82, 2.24) is 4.98 Å². The lowest BCUT2D eigenvalue weighted by molar-refractivity contribution is -0.145. The number of benzene rings is 1. The molecule has 2 unspecified atom stereocenters. The normalized spacial score (nSPS) is 24.8. The number of hydrogen-bond donors (Lipinski definition) is 1. The number of carbonyl (C=O) groups is 1. The summed E-state index contributed by atoms with van der Waals surface area (Å²) in [6.45, 7) is 3.95. The summed E-state index contributed by atoms with van der Waals surface area (Å²) >= 11 is 7.55. The number of halogens is 1. The van der Waals surface area contributed by atoms with Crippen molar-refractivity contribution in [3.8, 4) is 17.0 Å². The van der Waals surface area contributed by atoms with Gasteiger partial charge in [-0.15, -0.1) is 11.3 Å². The number of aromatic hydroxyl groups is 1. The summed E-state index contributed by atoms with van der Waals surface area (Å²) in [7, 11) is 0. The molecule has 2 atom stereocenters. The number of rotatable bonds is 4. The second-order valence-electron chi connectivity index (χ2n) is 6.19. The maximum Gasteiger partial charge on any atom is 0.309 e. The van der Waals surface area contributed by atoms with Crippen molar-refractivity contribution in [2.24, 2.45) is 17.8 Å². The van der Waals surface area contributed by atoms with Crippen LogP contribution in [0.4, 0.5) is 5.13 Å². The zero-order chi connectivity index (χ0) is 16.8. The summed E-state index contributed by atoms with van der Waals surface area (Å²) in [5, 5.41) is 13.4. The third-order valence-electron chi connectivity index (χ3n) is 4.75. The van der Waals surface area contributed by atoms with Gasteiger partial charge in [0.15, 0.2) is 5.13 Å². The van der Waals surface area contributed by atoms with Crippen LogP contribution in [0.25, 0.3) is 11.3 Å². The Morgan fingerprint density at radius 3 is 2.92 bits per heavy atom. The summed E-state index contributed by atoms with van der Waals surface area (Å²) in [4.78, 5) is 18.7. The number of phenolic OH excluding ortho intramolecular Hbond substituents is 1. The van der Waals surface area contributed by atoms with Gasteiger partial charge in [0.05, 0.1) is 18.2 Å². The number of nitrogens with zero attached hydrogens (tertiary/aromatic N) is 2. The zero-order valence-electron chi connectivity index (χ0n) is 13.1. The molecule has 0 amide bonds. The van der Waals surface area contributed by atoms with Crippen LogP contribution in [0, 0.1) is 17.8 Å². The molecule has 126 valence electrons. The lowest BCUT2D eigenvalue weighted by Gasteiger charge is -2.18. The van der Waals surface area contributed by atoms with Crippen LogP contribution in [-0.2, 0) is 9.53 Å². The highest BCUT2D eigenvalue weighted by molar-refractivity contribution is 7.14. The Balaban J connectivity index is 1.46. The van der Waals surface area contributed by atoms with E-state index in [2.05, 4.69) is 9.88 Å². The van der Waals surface area contributed by atoms with E-state index in [4.69, 9.17) is 16.3 Å². The van der Waals surface area contributed by atoms with Crippen molar-refractivity contribution in [1.29, 1.82) is 0 Å². The van der Waals surface area contributed by atoms with Gasteiger partial charge in [0, 0.05) is 29.1 Å². The van der Waals surface area contributed by atoms with Crippen LogP contribution in [-0.4, -0.2) is 35.8 Å². The highest BCUT2D eigenvalue weighted by Crippen LogP contribution is 2.53. The lowest BCUT2D eigenvalue weighted by Crippen LogP contribution is -2.26. The Morgan fingerprint density at radius 2 is 2.21 bits per heavy atom. The van der Waals surface area contributed by atoms with Crippen molar-refractivity contribution >= 4 is 34.0 Å². The number of ether oxygens (including phenoxy) is 1. The minimum absolute atomic E-state index is 0.0594. The van der Waals surface area contributed by atoms with Crippen LogP contribution in [0.15, 0.2) is 23.6 Å². The van der Waals surface area contributed by atoms with Crippen molar-refractivity contribution in [2.75, 3.05) is 24.6 Å². The van der Waals surface area contributed by atoms with Crippen molar-refractivity contribution in [3.63, 3.8) is 0 Å². The van der Waals surface area contributed by atoms with Gasteiger partial charge in [0.2, 0.25) is 0 Å². The second-order valence-corrected chi connectivity index (χ2v) is 7.46. The first kappa shape index (κ1) is 15.7. The molecule has 1 N–H and O–H groups in total. The van der Waals surface area contributed by atoms with E-state index in [9.17, 15) is 9.90 Å². The van der Waals surface area contributed by atoms with Crippen LogP contribution < -0.4 is 4.90 Å². The third-order valence-corrected chi connectivity index (χ3v) is 5.89. The number of piperidine rings is 1. The largest absolute Gasteiger partial charge is 0.507 e. The van der Waals surface area contributed by atoms with Crippen LogP contribution in [0.1, 0.15) is 6.92 Å². The van der Waals surface area contributed by atoms with Gasteiger partial charge in [-0.2, -0.15) is 0 Å².